The summed E-state index contributed by atoms with van der Waals surface area (Å²) < 4.78 is 6.04. The van der Waals surface area contributed by atoms with Crippen molar-refractivity contribution in [1.82, 2.24) is 14.9 Å². The van der Waals surface area contributed by atoms with E-state index in [1.165, 1.54) is 24.4 Å². The van der Waals surface area contributed by atoms with Gasteiger partial charge >= 0.3 is 0 Å². The summed E-state index contributed by atoms with van der Waals surface area (Å²) in [5, 5.41) is 9.76. The summed E-state index contributed by atoms with van der Waals surface area (Å²) in [6.07, 6.45) is 2.70. The number of aromatic nitrogens is 3. The summed E-state index contributed by atoms with van der Waals surface area (Å²) in [4.78, 5) is 23.6. The van der Waals surface area contributed by atoms with Crippen LogP contribution in [0, 0.1) is 0 Å². The Hall–Kier alpha value is -2.74. The van der Waals surface area contributed by atoms with Crippen molar-refractivity contribution < 1.29 is 14.3 Å². The van der Waals surface area contributed by atoms with Crippen LogP contribution in [0.1, 0.15) is 10.4 Å². The van der Waals surface area contributed by atoms with Crippen LogP contribution in [-0.2, 0) is 9.53 Å². The lowest BCUT2D eigenvalue weighted by Gasteiger charge is -2.11. The van der Waals surface area contributed by atoms with Crippen molar-refractivity contribution in [1.29, 1.82) is 0 Å². The van der Waals surface area contributed by atoms with Gasteiger partial charge in [-0.3, -0.25) is 15.0 Å². The zero-order valence-electron chi connectivity index (χ0n) is 10.7. The van der Waals surface area contributed by atoms with Gasteiger partial charge in [0.25, 0.3) is 5.91 Å². The minimum atomic E-state index is -0.391. The average molecular weight is 275 g/mol. The Kier molecular flexibility index (Phi) is 4.40. The van der Waals surface area contributed by atoms with Crippen LogP contribution in [-0.4, -0.2) is 40.4 Å². The molecule has 1 aromatic heterocycles. The summed E-state index contributed by atoms with van der Waals surface area (Å²) in [7, 11) is 1.42. The Balaban J connectivity index is 2.14. The monoisotopic (exact) mass is 275 g/mol. The van der Waals surface area contributed by atoms with Crippen LogP contribution >= 0.6 is 0 Å². The summed E-state index contributed by atoms with van der Waals surface area (Å²) in [6.45, 7) is -0.0820. The largest absolute Gasteiger partial charge is 0.375 e. The molecule has 0 saturated heterocycles. The highest BCUT2D eigenvalue weighted by Crippen LogP contribution is 2.15. The van der Waals surface area contributed by atoms with Crippen molar-refractivity contribution in [2.45, 2.75) is 0 Å². The third-order valence-corrected chi connectivity index (χ3v) is 2.37. The first-order chi connectivity index (χ1) is 9.70. The number of anilines is 1. The van der Waals surface area contributed by atoms with E-state index >= 15 is 0 Å². The fourth-order valence-corrected chi connectivity index (χ4v) is 1.54. The molecule has 0 spiro atoms. The number of hydrogen-bond acceptors (Lipinski definition) is 5. The Morgan fingerprint density at radius 2 is 1.95 bits per heavy atom. The van der Waals surface area contributed by atoms with Crippen molar-refractivity contribution in [3.8, 4) is 0 Å². The van der Waals surface area contributed by atoms with Crippen LogP contribution < -0.4 is 10.7 Å². The molecule has 1 aromatic carbocycles. The van der Waals surface area contributed by atoms with Gasteiger partial charge in [-0.2, -0.15) is 0 Å². The normalized spacial score (nSPS) is 10.1. The molecule has 8 heteroatoms. The van der Waals surface area contributed by atoms with E-state index < -0.39 is 5.91 Å². The fraction of sp³-hybridized carbons (Fsp3) is 0.167. The summed E-state index contributed by atoms with van der Waals surface area (Å²) in [6, 6.07) is 6.65. The maximum absolute atomic E-state index is 12.1. The minimum Gasteiger partial charge on any atom is -0.375 e. The van der Waals surface area contributed by atoms with Gasteiger partial charge in [0.15, 0.2) is 0 Å². The lowest BCUT2D eigenvalue weighted by molar-refractivity contribution is -0.119. The molecule has 2 aromatic rings. The number of methoxy groups -OCH3 is 1. The molecule has 0 bridgehead atoms. The smallest absolute Gasteiger partial charge is 0.272 e. The van der Waals surface area contributed by atoms with Gasteiger partial charge in [-0.15, -0.1) is 10.2 Å². The van der Waals surface area contributed by atoms with Crippen LogP contribution in [0.25, 0.3) is 0 Å². The van der Waals surface area contributed by atoms with Crippen LogP contribution in [0.4, 0.5) is 5.69 Å². The Morgan fingerprint density at radius 3 is 2.65 bits per heavy atom. The number of amides is 2. The molecule has 0 unspecified atom stereocenters. The van der Waals surface area contributed by atoms with E-state index in [0.717, 1.165) is 0 Å². The topological polar surface area (TPSA) is 98.1 Å². The van der Waals surface area contributed by atoms with E-state index in [4.69, 9.17) is 4.74 Å². The molecular weight excluding hydrogens is 262 g/mol. The molecule has 0 saturated carbocycles. The molecule has 8 nitrogen and oxygen atoms in total. The van der Waals surface area contributed by atoms with E-state index in [1.807, 2.05) is 0 Å². The Morgan fingerprint density at radius 1 is 1.25 bits per heavy atom. The lowest BCUT2D eigenvalue weighted by Crippen LogP contribution is -2.24. The average Bonchev–Trinajstić information content (AvgIpc) is 2.92. The van der Waals surface area contributed by atoms with Gasteiger partial charge in [-0.25, -0.2) is 4.68 Å². The number of carbonyl (C=O) groups excluding carboxylic acids is 2. The molecule has 0 aliphatic rings. The maximum atomic E-state index is 12.1. The van der Waals surface area contributed by atoms with Gasteiger partial charge < -0.3 is 10.1 Å². The van der Waals surface area contributed by atoms with Gasteiger partial charge in [-0.05, 0) is 12.1 Å². The Labute approximate surface area is 114 Å². The molecule has 0 aliphatic heterocycles. The zero-order chi connectivity index (χ0) is 14.4. The molecule has 0 aliphatic carbocycles. The minimum absolute atomic E-state index is 0.0820. The fourth-order valence-electron chi connectivity index (χ4n) is 1.54. The SMILES string of the molecule is COCC(=O)Nc1ccccc1C(=O)Nn1cnnc1. The number of benzene rings is 1. The number of rotatable bonds is 5. The maximum Gasteiger partial charge on any atom is 0.272 e. The molecular formula is C12H13N5O3. The third kappa shape index (κ3) is 3.39. The highest BCUT2D eigenvalue weighted by Gasteiger charge is 2.13. The molecule has 0 atom stereocenters. The van der Waals surface area contributed by atoms with Crippen molar-refractivity contribution in [2.75, 3.05) is 24.5 Å². The van der Waals surface area contributed by atoms with Gasteiger partial charge in [0.2, 0.25) is 5.91 Å². The van der Waals surface area contributed by atoms with Gasteiger partial charge in [0.1, 0.15) is 19.3 Å². The summed E-state index contributed by atoms with van der Waals surface area (Å²) >= 11 is 0. The van der Waals surface area contributed by atoms with Crippen molar-refractivity contribution in [3.63, 3.8) is 0 Å². The first kappa shape index (κ1) is 13.7. The molecule has 0 fully saturated rings. The highest BCUT2D eigenvalue weighted by molar-refractivity contribution is 6.07. The Bertz CT molecular complexity index is 597. The van der Waals surface area contributed by atoms with E-state index in [1.54, 1.807) is 24.3 Å². The first-order valence-electron chi connectivity index (χ1n) is 5.74. The van der Waals surface area contributed by atoms with Crippen LogP contribution in [0.15, 0.2) is 36.9 Å². The molecule has 0 radical (unpaired) electrons. The van der Waals surface area contributed by atoms with Gasteiger partial charge in [-0.1, -0.05) is 12.1 Å². The van der Waals surface area contributed by atoms with E-state index in [-0.39, 0.29) is 12.5 Å². The second kappa shape index (κ2) is 6.43. The number of ether oxygens (including phenoxy) is 1. The quantitative estimate of drug-likeness (QED) is 0.815. The van der Waals surface area contributed by atoms with Crippen LogP contribution in [0.2, 0.25) is 0 Å². The number of nitrogens with zero attached hydrogens (tertiary/aromatic N) is 3. The second-order valence-electron chi connectivity index (χ2n) is 3.84. The lowest BCUT2D eigenvalue weighted by atomic mass is 10.1. The number of para-hydroxylation sites is 1. The van der Waals surface area contributed by atoms with E-state index in [2.05, 4.69) is 20.9 Å². The van der Waals surface area contributed by atoms with E-state index in [0.29, 0.717) is 11.3 Å². The zero-order valence-corrected chi connectivity index (χ0v) is 10.7. The summed E-state index contributed by atoms with van der Waals surface area (Å²) in [5.74, 6) is -0.727. The van der Waals surface area contributed by atoms with Gasteiger partial charge in [0.05, 0.1) is 11.3 Å². The van der Waals surface area contributed by atoms with Gasteiger partial charge in [0, 0.05) is 7.11 Å². The number of carbonyl (C=O) groups is 2. The van der Waals surface area contributed by atoms with Crippen molar-refractivity contribution in [3.05, 3.63) is 42.5 Å². The predicted molar refractivity (Wildman–Crippen MR) is 70.7 cm³/mol. The van der Waals surface area contributed by atoms with Crippen molar-refractivity contribution in [2.24, 2.45) is 0 Å². The van der Waals surface area contributed by atoms with Crippen LogP contribution in [0.3, 0.4) is 0 Å². The summed E-state index contributed by atoms with van der Waals surface area (Å²) in [5.41, 5.74) is 3.28. The predicted octanol–water partition coefficient (Wildman–Crippen LogP) is 0.247. The standard InChI is InChI=1S/C12H13N5O3/c1-20-6-11(18)15-10-5-3-2-4-9(10)12(19)16-17-7-13-14-8-17/h2-5,7-8H,6H2,1H3,(H,15,18)(H,16,19). The molecule has 20 heavy (non-hydrogen) atoms. The molecule has 2 amide bonds. The second-order valence-corrected chi connectivity index (χ2v) is 3.84. The molecule has 104 valence electrons. The van der Waals surface area contributed by atoms with E-state index in [9.17, 15) is 9.59 Å². The van der Waals surface area contributed by atoms with Crippen molar-refractivity contribution >= 4 is 17.5 Å². The number of hydrogen-bond donors (Lipinski definition) is 2. The van der Waals surface area contributed by atoms with Crippen LogP contribution in [0.5, 0.6) is 0 Å². The molecule has 2 rings (SSSR count). The highest BCUT2D eigenvalue weighted by atomic mass is 16.5. The molecule has 1 heterocycles. The molecule has 2 N–H and O–H groups in total. The number of nitrogens with one attached hydrogen (secondary N) is 2. The first-order valence-corrected chi connectivity index (χ1v) is 5.74. The third-order valence-electron chi connectivity index (χ3n) is 2.37.